The van der Waals surface area contributed by atoms with Crippen molar-refractivity contribution in [3.05, 3.63) is 80.7 Å². The van der Waals surface area contributed by atoms with Gasteiger partial charge in [0.25, 0.3) is 0 Å². The second-order valence-corrected chi connectivity index (χ2v) is 7.89. The first kappa shape index (κ1) is 19.2. The van der Waals surface area contributed by atoms with E-state index in [0.29, 0.717) is 17.2 Å². The van der Waals surface area contributed by atoms with Gasteiger partial charge in [-0.15, -0.1) is 0 Å². The third kappa shape index (κ3) is 4.46. The second kappa shape index (κ2) is 8.48. The van der Waals surface area contributed by atoms with Gasteiger partial charge in [0.1, 0.15) is 5.58 Å². The van der Waals surface area contributed by atoms with E-state index in [1.807, 2.05) is 25.1 Å². The van der Waals surface area contributed by atoms with Crippen molar-refractivity contribution in [1.29, 1.82) is 0 Å². The number of rotatable bonds is 6. The van der Waals surface area contributed by atoms with E-state index in [-0.39, 0.29) is 11.7 Å². The van der Waals surface area contributed by atoms with Gasteiger partial charge in [0.15, 0.2) is 0 Å². The minimum absolute atomic E-state index is 0.237. The summed E-state index contributed by atoms with van der Waals surface area (Å²) in [6.07, 6.45) is 2.42. The lowest BCUT2D eigenvalue weighted by molar-refractivity contribution is 0.0680. The third-order valence-corrected chi connectivity index (χ3v) is 5.65. The molecule has 0 amide bonds. The first-order valence-electron chi connectivity index (χ1n) is 9.69. The molecule has 0 N–H and O–H groups in total. The van der Waals surface area contributed by atoms with Gasteiger partial charge in [-0.25, -0.2) is 4.79 Å². The maximum Gasteiger partial charge on any atom is 0.336 e. The number of fused-ring (bicyclic) bond motifs is 1. The largest absolute Gasteiger partial charge is 0.423 e. The molecule has 1 aromatic heterocycles. The molecule has 1 atom stereocenters. The highest BCUT2D eigenvalue weighted by Gasteiger charge is 2.21. The van der Waals surface area contributed by atoms with Gasteiger partial charge >= 0.3 is 5.63 Å². The van der Waals surface area contributed by atoms with Crippen LogP contribution in [0.15, 0.2) is 57.7 Å². The molecule has 3 aromatic rings. The summed E-state index contributed by atoms with van der Waals surface area (Å²) in [5.41, 5.74) is 3.32. The minimum Gasteiger partial charge on any atom is -0.423 e. The summed E-state index contributed by atoms with van der Waals surface area (Å²) in [5, 5.41) is 1.57. The average Bonchev–Trinajstić information content (AvgIpc) is 3.17. The molecule has 2 heterocycles. The number of hydrogen-bond donors (Lipinski definition) is 0. The molecule has 4 nitrogen and oxygen atoms in total. The summed E-state index contributed by atoms with van der Waals surface area (Å²) in [5.74, 6) is 0. The summed E-state index contributed by atoms with van der Waals surface area (Å²) < 4.78 is 11.3. The predicted octanol–water partition coefficient (Wildman–Crippen LogP) is 4.94. The maximum atomic E-state index is 12.1. The molecule has 0 saturated carbocycles. The van der Waals surface area contributed by atoms with E-state index in [9.17, 15) is 4.79 Å². The number of halogens is 1. The number of hydrogen-bond acceptors (Lipinski definition) is 4. The highest BCUT2D eigenvalue weighted by Crippen LogP contribution is 2.27. The van der Waals surface area contributed by atoms with Gasteiger partial charge in [-0.3, -0.25) is 4.90 Å². The molecule has 0 radical (unpaired) electrons. The van der Waals surface area contributed by atoms with E-state index in [1.54, 1.807) is 6.07 Å². The molecule has 1 fully saturated rings. The van der Waals surface area contributed by atoms with E-state index in [4.69, 9.17) is 20.8 Å². The zero-order valence-electron chi connectivity index (χ0n) is 16.0. The van der Waals surface area contributed by atoms with Crippen LogP contribution in [-0.2, 0) is 17.8 Å². The van der Waals surface area contributed by atoms with Crippen LogP contribution >= 0.6 is 11.6 Å². The molecule has 5 heteroatoms. The standard InChI is InChI=1S/C23H24ClNO3/c1-16-10-22-20(12-21(16)24)18(11-23(26)28-22)14-25(15-19-8-5-9-27-19)13-17-6-3-2-4-7-17/h2-4,6-7,10-12,19H,5,8-9,13-15H2,1H3. The van der Waals surface area contributed by atoms with Crippen LogP contribution in [0.5, 0.6) is 0 Å². The Morgan fingerprint density at radius 3 is 2.71 bits per heavy atom. The molecule has 0 spiro atoms. The van der Waals surface area contributed by atoms with Gasteiger partial charge in [-0.1, -0.05) is 41.9 Å². The third-order valence-electron chi connectivity index (χ3n) is 5.24. The molecular formula is C23H24ClNO3. The smallest absolute Gasteiger partial charge is 0.336 e. The second-order valence-electron chi connectivity index (χ2n) is 7.48. The fourth-order valence-corrected chi connectivity index (χ4v) is 3.99. The molecule has 146 valence electrons. The predicted molar refractivity (Wildman–Crippen MR) is 112 cm³/mol. The van der Waals surface area contributed by atoms with E-state index >= 15 is 0 Å². The summed E-state index contributed by atoms with van der Waals surface area (Å²) in [4.78, 5) is 14.5. The SMILES string of the molecule is Cc1cc2oc(=O)cc(CN(Cc3ccccc3)CC3CCCO3)c2cc1Cl. The van der Waals surface area contributed by atoms with Crippen LogP contribution in [0, 0.1) is 6.92 Å². The number of ether oxygens (including phenoxy) is 1. The quantitative estimate of drug-likeness (QED) is 0.553. The molecule has 28 heavy (non-hydrogen) atoms. The summed E-state index contributed by atoms with van der Waals surface area (Å²) in [6, 6.07) is 15.7. The van der Waals surface area contributed by atoms with Crippen LogP contribution in [0.4, 0.5) is 0 Å². The van der Waals surface area contributed by atoms with Gasteiger partial charge in [0.2, 0.25) is 0 Å². The zero-order valence-corrected chi connectivity index (χ0v) is 16.7. The van der Waals surface area contributed by atoms with E-state index in [2.05, 4.69) is 29.2 Å². The Balaban J connectivity index is 1.67. The fourth-order valence-electron chi connectivity index (χ4n) is 3.82. The Hall–Kier alpha value is -2.14. The van der Waals surface area contributed by atoms with Crippen molar-refractivity contribution in [1.82, 2.24) is 4.90 Å². The maximum absolute atomic E-state index is 12.1. The van der Waals surface area contributed by atoms with E-state index in [1.165, 1.54) is 5.56 Å². The van der Waals surface area contributed by atoms with Crippen LogP contribution in [0.2, 0.25) is 5.02 Å². The Morgan fingerprint density at radius 2 is 1.96 bits per heavy atom. The normalized spacial score (nSPS) is 16.9. The molecule has 1 saturated heterocycles. The lowest BCUT2D eigenvalue weighted by Crippen LogP contribution is -2.31. The average molecular weight is 398 g/mol. The topological polar surface area (TPSA) is 42.7 Å². The van der Waals surface area contributed by atoms with Crippen molar-refractivity contribution >= 4 is 22.6 Å². The molecular weight excluding hydrogens is 374 g/mol. The Labute approximate surface area is 169 Å². The van der Waals surface area contributed by atoms with Crippen LogP contribution in [0.3, 0.4) is 0 Å². The van der Waals surface area contributed by atoms with Crippen LogP contribution in [-0.4, -0.2) is 24.2 Å². The van der Waals surface area contributed by atoms with Crippen molar-refractivity contribution in [2.75, 3.05) is 13.2 Å². The Bertz CT molecular complexity index is 1010. The molecule has 0 bridgehead atoms. The van der Waals surface area contributed by atoms with Gasteiger partial charge in [-0.05, 0) is 48.6 Å². The Kier molecular flexibility index (Phi) is 5.81. The summed E-state index contributed by atoms with van der Waals surface area (Å²) in [6.45, 7) is 5.00. The van der Waals surface area contributed by atoms with E-state index < -0.39 is 0 Å². The van der Waals surface area contributed by atoms with Gasteiger partial charge in [0, 0.05) is 42.7 Å². The van der Waals surface area contributed by atoms with Crippen molar-refractivity contribution in [2.45, 2.75) is 39.0 Å². The fraction of sp³-hybridized carbons (Fsp3) is 0.348. The van der Waals surface area contributed by atoms with Crippen molar-refractivity contribution in [2.24, 2.45) is 0 Å². The summed E-state index contributed by atoms with van der Waals surface area (Å²) in [7, 11) is 0. The number of nitrogens with zero attached hydrogens (tertiary/aromatic N) is 1. The Morgan fingerprint density at radius 1 is 1.14 bits per heavy atom. The molecule has 1 unspecified atom stereocenters. The van der Waals surface area contributed by atoms with Crippen LogP contribution < -0.4 is 5.63 Å². The van der Waals surface area contributed by atoms with Crippen LogP contribution in [0.1, 0.15) is 29.5 Å². The highest BCUT2D eigenvalue weighted by molar-refractivity contribution is 6.32. The van der Waals surface area contributed by atoms with Crippen LogP contribution in [0.25, 0.3) is 11.0 Å². The lowest BCUT2D eigenvalue weighted by atomic mass is 10.1. The van der Waals surface area contributed by atoms with E-state index in [0.717, 1.165) is 49.1 Å². The van der Waals surface area contributed by atoms with Crippen molar-refractivity contribution < 1.29 is 9.15 Å². The lowest BCUT2D eigenvalue weighted by Gasteiger charge is -2.26. The zero-order chi connectivity index (χ0) is 19.5. The molecule has 4 rings (SSSR count). The van der Waals surface area contributed by atoms with Gasteiger partial charge in [-0.2, -0.15) is 0 Å². The molecule has 1 aliphatic heterocycles. The highest BCUT2D eigenvalue weighted by atomic mass is 35.5. The monoisotopic (exact) mass is 397 g/mol. The summed E-state index contributed by atoms with van der Waals surface area (Å²) >= 11 is 6.35. The van der Waals surface area contributed by atoms with Gasteiger partial charge in [0.05, 0.1) is 6.10 Å². The molecule has 0 aliphatic carbocycles. The first-order chi connectivity index (χ1) is 13.6. The molecule has 1 aliphatic rings. The number of aryl methyl sites for hydroxylation is 1. The van der Waals surface area contributed by atoms with Crippen molar-refractivity contribution in [3.8, 4) is 0 Å². The molecule has 2 aromatic carbocycles. The minimum atomic E-state index is -0.332. The first-order valence-corrected chi connectivity index (χ1v) is 10.1. The number of benzene rings is 2. The van der Waals surface area contributed by atoms with Crippen molar-refractivity contribution in [3.63, 3.8) is 0 Å². The van der Waals surface area contributed by atoms with Gasteiger partial charge < -0.3 is 9.15 Å².